The van der Waals surface area contributed by atoms with Crippen LogP contribution in [0, 0.1) is 0 Å². The first-order valence-corrected chi connectivity index (χ1v) is 7.50. The molecule has 1 N–H and O–H groups in total. The number of benzene rings is 1. The van der Waals surface area contributed by atoms with E-state index < -0.39 is 11.7 Å². The van der Waals surface area contributed by atoms with Crippen molar-refractivity contribution < 1.29 is 13.2 Å². The number of hydrogen-bond donors (Lipinski definition) is 1. The number of alkyl halides is 3. The predicted molar refractivity (Wildman–Crippen MR) is 78.0 cm³/mol. The van der Waals surface area contributed by atoms with Crippen LogP contribution in [0.25, 0.3) is 0 Å². The van der Waals surface area contributed by atoms with E-state index in [9.17, 15) is 13.2 Å². The van der Waals surface area contributed by atoms with Gasteiger partial charge in [0.2, 0.25) is 0 Å². The van der Waals surface area contributed by atoms with Gasteiger partial charge in [0.15, 0.2) is 0 Å². The highest BCUT2D eigenvalue weighted by molar-refractivity contribution is 5.25. The fourth-order valence-electron chi connectivity index (χ4n) is 2.74. The molecule has 0 atom stereocenters. The van der Waals surface area contributed by atoms with E-state index in [1.807, 2.05) is 0 Å². The minimum absolute atomic E-state index is 0.398. The quantitative estimate of drug-likeness (QED) is 0.913. The first-order valence-electron chi connectivity index (χ1n) is 7.50. The number of rotatable bonds is 4. The van der Waals surface area contributed by atoms with Crippen molar-refractivity contribution in [3.8, 4) is 0 Å². The van der Waals surface area contributed by atoms with Crippen LogP contribution in [0.3, 0.4) is 0 Å². The first kappa shape index (κ1) is 16.3. The summed E-state index contributed by atoms with van der Waals surface area (Å²) in [5, 5.41) is 3.38. The van der Waals surface area contributed by atoms with Gasteiger partial charge in [-0.15, -0.1) is 0 Å². The van der Waals surface area contributed by atoms with Crippen LogP contribution in [0.15, 0.2) is 24.3 Å². The first-order chi connectivity index (χ1) is 9.86. The summed E-state index contributed by atoms with van der Waals surface area (Å²) in [4.78, 5) is 2.43. The van der Waals surface area contributed by atoms with E-state index in [0.717, 1.165) is 32.0 Å². The Balaban J connectivity index is 1.84. The zero-order valence-electron chi connectivity index (χ0n) is 12.6. The van der Waals surface area contributed by atoms with Crippen molar-refractivity contribution in [3.63, 3.8) is 0 Å². The van der Waals surface area contributed by atoms with Crippen LogP contribution in [0.2, 0.25) is 0 Å². The van der Waals surface area contributed by atoms with E-state index in [1.54, 1.807) is 6.07 Å². The van der Waals surface area contributed by atoms with E-state index in [4.69, 9.17) is 0 Å². The van der Waals surface area contributed by atoms with Crippen LogP contribution in [-0.2, 0) is 12.7 Å². The van der Waals surface area contributed by atoms with Crippen molar-refractivity contribution >= 4 is 0 Å². The Bertz CT molecular complexity index is 449. The van der Waals surface area contributed by atoms with Crippen LogP contribution in [0.1, 0.15) is 37.8 Å². The second-order valence-corrected chi connectivity index (χ2v) is 5.98. The van der Waals surface area contributed by atoms with Crippen LogP contribution in [0.5, 0.6) is 0 Å². The van der Waals surface area contributed by atoms with Crippen molar-refractivity contribution in [2.24, 2.45) is 0 Å². The van der Waals surface area contributed by atoms with Gasteiger partial charge in [0.1, 0.15) is 0 Å². The Kier molecular flexibility index (Phi) is 5.27. The third-order valence-electron chi connectivity index (χ3n) is 4.11. The topological polar surface area (TPSA) is 15.3 Å². The Morgan fingerprint density at radius 3 is 2.48 bits per heavy atom. The van der Waals surface area contributed by atoms with Gasteiger partial charge < -0.3 is 10.2 Å². The largest absolute Gasteiger partial charge is 0.416 e. The lowest BCUT2D eigenvalue weighted by atomic mass is 10.0. The molecule has 1 aromatic carbocycles. The summed E-state index contributed by atoms with van der Waals surface area (Å²) in [7, 11) is 0. The maximum atomic E-state index is 12.7. The van der Waals surface area contributed by atoms with Gasteiger partial charge in [0.05, 0.1) is 5.56 Å². The summed E-state index contributed by atoms with van der Waals surface area (Å²) < 4.78 is 38.0. The molecule has 0 saturated carbocycles. The molecular formula is C16H23F3N2. The average molecular weight is 300 g/mol. The Hall–Kier alpha value is -1.07. The Labute approximate surface area is 124 Å². The number of likely N-dealkylation sites (tertiary alicyclic amines) is 1. The molecule has 21 heavy (non-hydrogen) atoms. The molecule has 0 unspecified atom stereocenters. The van der Waals surface area contributed by atoms with Gasteiger partial charge >= 0.3 is 6.18 Å². The summed E-state index contributed by atoms with van der Waals surface area (Å²) in [5.41, 5.74) is 0.118. The minimum atomic E-state index is -4.27. The highest BCUT2D eigenvalue weighted by Gasteiger charge is 2.30. The van der Waals surface area contributed by atoms with E-state index in [2.05, 4.69) is 24.1 Å². The Morgan fingerprint density at radius 2 is 1.90 bits per heavy atom. The zero-order chi connectivity index (χ0) is 15.5. The summed E-state index contributed by atoms with van der Waals surface area (Å²) in [6, 6.07) is 6.53. The maximum absolute atomic E-state index is 12.7. The molecule has 1 aliphatic rings. The molecule has 1 heterocycles. The van der Waals surface area contributed by atoms with Gasteiger partial charge in [-0.2, -0.15) is 13.2 Å². The van der Waals surface area contributed by atoms with Crippen molar-refractivity contribution in [3.05, 3.63) is 35.4 Å². The zero-order valence-corrected chi connectivity index (χ0v) is 12.6. The summed E-state index contributed by atoms with van der Waals surface area (Å²) in [5.74, 6) is 0. The normalized spacial score (nSPS) is 18.4. The van der Waals surface area contributed by atoms with E-state index in [-0.39, 0.29) is 0 Å². The maximum Gasteiger partial charge on any atom is 0.416 e. The van der Waals surface area contributed by atoms with E-state index >= 15 is 0 Å². The molecule has 0 bridgehead atoms. The molecule has 1 aliphatic heterocycles. The third-order valence-corrected chi connectivity index (χ3v) is 4.11. The van der Waals surface area contributed by atoms with Crippen LogP contribution in [0.4, 0.5) is 13.2 Å². The predicted octanol–water partition coefficient (Wildman–Crippen LogP) is 3.67. The number of hydrogen-bond acceptors (Lipinski definition) is 2. The molecule has 5 heteroatoms. The molecule has 1 fully saturated rings. The second kappa shape index (κ2) is 6.79. The second-order valence-electron chi connectivity index (χ2n) is 5.98. The van der Waals surface area contributed by atoms with Crippen molar-refractivity contribution in [1.82, 2.24) is 10.2 Å². The third kappa shape index (κ3) is 4.71. The summed E-state index contributed by atoms with van der Waals surface area (Å²) >= 11 is 0. The van der Waals surface area contributed by atoms with Crippen LogP contribution >= 0.6 is 0 Å². The van der Waals surface area contributed by atoms with Gasteiger partial charge in [0.25, 0.3) is 0 Å². The molecule has 1 aromatic rings. The molecule has 0 amide bonds. The number of piperidine rings is 1. The smallest absolute Gasteiger partial charge is 0.310 e. The fourth-order valence-corrected chi connectivity index (χ4v) is 2.74. The highest BCUT2D eigenvalue weighted by atomic mass is 19.4. The SMILES string of the molecule is CC(C)N1CCC(NCc2cccc(C(F)(F)F)c2)CC1. The van der Waals surface area contributed by atoms with E-state index in [0.29, 0.717) is 24.2 Å². The molecule has 1 saturated heterocycles. The van der Waals surface area contributed by atoms with Gasteiger partial charge in [-0.25, -0.2) is 0 Å². The van der Waals surface area contributed by atoms with Crippen molar-refractivity contribution in [1.29, 1.82) is 0 Å². The van der Waals surface area contributed by atoms with Gasteiger partial charge in [-0.05, 0) is 51.4 Å². The highest BCUT2D eigenvalue weighted by Crippen LogP contribution is 2.29. The van der Waals surface area contributed by atoms with Crippen LogP contribution < -0.4 is 5.32 Å². The average Bonchev–Trinajstić information content (AvgIpc) is 2.45. The molecule has 0 aliphatic carbocycles. The Morgan fingerprint density at radius 1 is 1.24 bits per heavy atom. The molecule has 118 valence electrons. The monoisotopic (exact) mass is 300 g/mol. The lowest BCUT2D eigenvalue weighted by molar-refractivity contribution is -0.137. The molecule has 0 radical (unpaired) electrons. The lowest BCUT2D eigenvalue weighted by Gasteiger charge is -2.35. The minimum Gasteiger partial charge on any atom is -0.310 e. The number of nitrogens with zero attached hydrogens (tertiary/aromatic N) is 1. The molecule has 2 nitrogen and oxygen atoms in total. The fraction of sp³-hybridized carbons (Fsp3) is 0.625. The molecule has 0 spiro atoms. The van der Waals surface area contributed by atoms with Gasteiger partial charge in [0, 0.05) is 18.6 Å². The molecule has 0 aromatic heterocycles. The number of halogens is 3. The number of nitrogens with one attached hydrogen (secondary N) is 1. The summed E-state index contributed by atoms with van der Waals surface area (Å²) in [6.07, 6.45) is -2.16. The van der Waals surface area contributed by atoms with Crippen LogP contribution in [-0.4, -0.2) is 30.1 Å². The van der Waals surface area contributed by atoms with Crippen molar-refractivity contribution in [2.45, 2.75) is 51.5 Å². The standard InChI is InChI=1S/C16H23F3N2/c1-12(2)21-8-6-15(7-9-21)20-11-13-4-3-5-14(10-13)16(17,18)19/h3-5,10,12,15,20H,6-9,11H2,1-2H3. The summed E-state index contributed by atoms with van der Waals surface area (Å²) in [6.45, 7) is 6.99. The lowest BCUT2D eigenvalue weighted by Crippen LogP contribution is -2.44. The van der Waals surface area contributed by atoms with E-state index in [1.165, 1.54) is 12.1 Å². The van der Waals surface area contributed by atoms with Crippen molar-refractivity contribution in [2.75, 3.05) is 13.1 Å². The van der Waals surface area contributed by atoms with Gasteiger partial charge in [-0.1, -0.05) is 18.2 Å². The molecular weight excluding hydrogens is 277 g/mol. The molecule has 2 rings (SSSR count). The van der Waals surface area contributed by atoms with Gasteiger partial charge in [-0.3, -0.25) is 0 Å².